The van der Waals surface area contributed by atoms with Crippen molar-refractivity contribution >= 4 is 29.1 Å². The van der Waals surface area contributed by atoms with E-state index in [9.17, 15) is 23.2 Å². The molecule has 0 aromatic heterocycles. The van der Waals surface area contributed by atoms with Crippen molar-refractivity contribution in [2.45, 2.75) is 12.5 Å². The molecule has 24 heavy (non-hydrogen) atoms. The zero-order valence-corrected chi connectivity index (χ0v) is 12.5. The van der Waals surface area contributed by atoms with E-state index >= 15 is 0 Å². The van der Waals surface area contributed by atoms with Crippen molar-refractivity contribution in [1.82, 2.24) is 0 Å². The Morgan fingerprint density at radius 2 is 2.04 bits per heavy atom. The molecule has 1 aromatic rings. The van der Waals surface area contributed by atoms with E-state index in [1.807, 2.05) is 0 Å². The third-order valence-corrected chi connectivity index (χ3v) is 3.41. The number of alkyl halides is 2. The van der Waals surface area contributed by atoms with Gasteiger partial charge in [-0.25, -0.2) is 8.78 Å². The second-order valence-corrected chi connectivity index (χ2v) is 5.04. The molecule has 2 rings (SSSR count). The van der Waals surface area contributed by atoms with E-state index < -0.39 is 29.8 Å². The fourth-order valence-corrected chi connectivity index (χ4v) is 2.14. The number of ether oxygens (including phenoxy) is 1. The van der Waals surface area contributed by atoms with Crippen LogP contribution in [0.3, 0.4) is 0 Å². The first-order chi connectivity index (χ1) is 11.3. The lowest BCUT2D eigenvalue weighted by atomic mass is 10.1. The van der Waals surface area contributed by atoms with Gasteiger partial charge in [0, 0.05) is 23.5 Å². The number of primary amides is 1. The van der Waals surface area contributed by atoms with Gasteiger partial charge in [0.15, 0.2) is 6.04 Å². The minimum absolute atomic E-state index is 0.129. The van der Waals surface area contributed by atoms with Crippen LogP contribution in [0, 0.1) is 0 Å². The van der Waals surface area contributed by atoms with E-state index in [0.717, 1.165) is 6.07 Å². The summed E-state index contributed by atoms with van der Waals surface area (Å²) in [6.07, 6.45) is -2.92. The summed E-state index contributed by atoms with van der Waals surface area (Å²) in [5, 5.41) is 2.14. The Balaban J connectivity index is 2.28. The van der Waals surface area contributed by atoms with Crippen molar-refractivity contribution in [3.05, 3.63) is 23.8 Å². The molecular formula is C14H16F2N4O4. The van der Waals surface area contributed by atoms with Crippen molar-refractivity contribution in [3.8, 4) is 0 Å². The second-order valence-electron chi connectivity index (χ2n) is 5.04. The van der Waals surface area contributed by atoms with Gasteiger partial charge in [0.25, 0.3) is 18.2 Å². The molecule has 3 amide bonds. The van der Waals surface area contributed by atoms with Crippen molar-refractivity contribution in [2.24, 2.45) is 11.5 Å². The third-order valence-electron chi connectivity index (χ3n) is 3.41. The zero-order valence-electron chi connectivity index (χ0n) is 12.5. The molecule has 1 aromatic carbocycles. The lowest BCUT2D eigenvalue weighted by molar-refractivity contribution is -0.127. The predicted octanol–water partition coefficient (Wildman–Crippen LogP) is -0.262. The Morgan fingerprint density at radius 1 is 1.33 bits per heavy atom. The van der Waals surface area contributed by atoms with Crippen molar-refractivity contribution in [1.29, 1.82) is 0 Å². The Bertz CT molecular complexity index is 668. The highest BCUT2D eigenvalue weighted by Crippen LogP contribution is 2.31. The molecule has 8 nitrogen and oxygen atoms in total. The first kappa shape index (κ1) is 17.8. The molecule has 1 heterocycles. The Hall–Kier alpha value is -2.59. The lowest BCUT2D eigenvalue weighted by Gasteiger charge is -2.27. The van der Waals surface area contributed by atoms with Crippen molar-refractivity contribution in [3.63, 3.8) is 0 Å². The number of benzene rings is 1. The van der Waals surface area contributed by atoms with E-state index in [1.54, 1.807) is 0 Å². The van der Waals surface area contributed by atoms with Crippen molar-refractivity contribution in [2.75, 3.05) is 30.0 Å². The van der Waals surface area contributed by atoms with Gasteiger partial charge in [0.2, 0.25) is 5.91 Å². The van der Waals surface area contributed by atoms with Crippen LogP contribution in [0.15, 0.2) is 18.2 Å². The summed E-state index contributed by atoms with van der Waals surface area (Å²) in [6.45, 7) is 0.400. The summed E-state index contributed by atoms with van der Waals surface area (Å²) in [7, 11) is 0. The fraction of sp³-hybridized carbons (Fsp3) is 0.357. The number of carbonyl (C=O) groups is 3. The number of morpholine rings is 1. The number of anilines is 2. The molecule has 1 saturated heterocycles. The normalized spacial score (nSPS) is 16.2. The molecule has 0 spiro atoms. The standard InChI is InChI=1S/C14H16F2N4O4/c15-12(16)8-5-7(20-3-4-24-6-10(20)21)1-2-9(8)19-14(23)11(17)13(18)22/h1-2,5,11-12H,3-4,6,17H2,(H2,18,22)(H,19,23)/t11-/m0/s1. The summed E-state index contributed by atoms with van der Waals surface area (Å²) in [5.41, 5.74) is 9.70. The van der Waals surface area contributed by atoms with Gasteiger partial charge in [-0.2, -0.15) is 0 Å². The fourth-order valence-electron chi connectivity index (χ4n) is 2.14. The molecular weight excluding hydrogens is 326 g/mol. The molecule has 130 valence electrons. The van der Waals surface area contributed by atoms with E-state index in [1.165, 1.54) is 17.0 Å². The van der Waals surface area contributed by atoms with Crippen LogP contribution in [0.25, 0.3) is 0 Å². The summed E-state index contributed by atoms with van der Waals surface area (Å²) >= 11 is 0. The molecule has 0 saturated carbocycles. The first-order valence-electron chi connectivity index (χ1n) is 6.97. The summed E-state index contributed by atoms with van der Waals surface area (Å²) < 4.78 is 31.5. The quantitative estimate of drug-likeness (QED) is 0.635. The number of hydrogen-bond acceptors (Lipinski definition) is 5. The molecule has 1 atom stereocenters. The van der Waals surface area contributed by atoms with Crippen LogP contribution in [0.2, 0.25) is 0 Å². The number of rotatable bonds is 5. The van der Waals surface area contributed by atoms with Gasteiger partial charge in [-0.1, -0.05) is 0 Å². The predicted molar refractivity (Wildman–Crippen MR) is 80.4 cm³/mol. The highest BCUT2D eigenvalue weighted by Gasteiger charge is 2.25. The summed E-state index contributed by atoms with van der Waals surface area (Å²) in [4.78, 5) is 35.7. The molecule has 1 aliphatic heterocycles. The first-order valence-corrected chi connectivity index (χ1v) is 6.97. The topological polar surface area (TPSA) is 128 Å². The van der Waals surface area contributed by atoms with Crippen LogP contribution in [-0.2, 0) is 19.1 Å². The largest absolute Gasteiger partial charge is 0.370 e. The van der Waals surface area contributed by atoms with Gasteiger partial charge in [-0.15, -0.1) is 0 Å². The molecule has 0 aliphatic carbocycles. The number of amides is 3. The molecule has 0 radical (unpaired) electrons. The third kappa shape index (κ3) is 3.84. The van der Waals surface area contributed by atoms with Gasteiger partial charge in [-0.05, 0) is 18.2 Å². The van der Waals surface area contributed by atoms with Crippen LogP contribution in [-0.4, -0.2) is 43.5 Å². The number of nitrogens with one attached hydrogen (secondary N) is 1. The van der Waals surface area contributed by atoms with Gasteiger partial charge in [0.1, 0.15) is 6.61 Å². The summed E-state index contributed by atoms with van der Waals surface area (Å²) in [6, 6.07) is 2.06. The van der Waals surface area contributed by atoms with E-state index in [-0.39, 0.29) is 30.4 Å². The lowest BCUT2D eigenvalue weighted by Crippen LogP contribution is -2.46. The van der Waals surface area contributed by atoms with Crippen molar-refractivity contribution < 1.29 is 27.9 Å². The molecule has 1 aliphatic rings. The minimum Gasteiger partial charge on any atom is -0.370 e. The minimum atomic E-state index is -2.92. The van der Waals surface area contributed by atoms with Gasteiger partial charge in [-0.3, -0.25) is 14.4 Å². The molecule has 10 heteroatoms. The smallest absolute Gasteiger partial charge is 0.265 e. The molecule has 0 bridgehead atoms. The Labute approximate surface area is 135 Å². The van der Waals surface area contributed by atoms with Crippen LogP contribution in [0.5, 0.6) is 0 Å². The Kier molecular flexibility index (Phi) is 5.42. The SMILES string of the molecule is NC(=O)[C@H](N)C(=O)Nc1ccc(N2CCOCC2=O)cc1C(F)F. The van der Waals surface area contributed by atoms with Crippen LogP contribution in [0.4, 0.5) is 20.2 Å². The number of nitrogens with zero attached hydrogens (tertiary/aromatic N) is 1. The molecule has 5 N–H and O–H groups in total. The van der Waals surface area contributed by atoms with E-state index in [0.29, 0.717) is 6.61 Å². The monoisotopic (exact) mass is 342 g/mol. The molecule has 1 fully saturated rings. The average molecular weight is 342 g/mol. The van der Waals surface area contributed by atoms with Gasteiger partial charge >= 0.3 is 0 Å². The zero-order chi connectivity index (χ0) is 17.9. The number of carbonyl (C=O) groups excluding carboxylic acids is 3. The van der Waals surface area contributed by atoms with Crippen LogP contribution < -0.4 is 21.7 Å². The number of nitrogens with two attached hydrogens (primary N) is 2. The highest BCUT2D eigenvalue weighted by molar-refractivity contribution is 6.09. The second kappa shape index (κ2) is 7.32. The van der Waals surface area contributed by atoms with Crippen LogP contribution >= 0.6 is 0 Å². The summed E-state index contributed by atoms with van der Waals surface area (Å²) in [5.74, 6) is -2.43. The Morgan fingerprint density at radius 3 is 2.62 bits per heavy atom. The highest BCUT2D eigenvalue weighted by atomic mass is 19.3. The number of halogens is 2. The van der Waals surface area contributed by atoms with Gasteiger partial charge in [0.05, 0.1) is 6.61 Å². The molecule has 0 unspecified atom stereocenters. The number of hydrogen-bond donors (Lipinski definition) is 3. The maximum absolute atomic E-state index is 13.3. The maximum Gasteiger partial charge on any atom is 0.265 e. The van der Waals surface area contributed by atoms with E-state index in [4.69, 9.17) is 16.2 Å². The van der Waals surface area contributed by atoms with Crippen LogP contribution in [0.1, 0.15) is 12.0 Å². The average Bonchev–Trinajstić information content (AvgIpc) is 2.54. The van der Waals surface area contributed by atoms with E-state index in [2.05, 4.69) is 5.32 Å². The van der Waals surface area contributed by atoms with Gasteiger partial charge < -0.3 is 26.4 Å². The maximum atomic E-state index is 13.3.